The average Bonchev–Trinajstić information content (AvgIpc) is 3.32. The number of carbonyl (C=O) groups is 1. The van der Waals surface area contributed by atoms with Gasteiger partial charge in [0.25, 0.3) is 0 Å². The Balaban J connectivity index is 1.46. The molecule has 0 spiro atoms. The number of carbonyl (C=O) groups excluding carboxylic acids is 1. The number of piperidine rings is 1. The molecule has 1 aliphatic heterocycles. The standard InChI is InChI=1S/C27H27FN4O3S2/c1-18-13-19(2)25-24(14-18)30-27(36-25)32(16-20-5-3-11-29-15-20)26(33)21-6-4-12-31(17-21)37(34,35)23-9-7-22(28)8-10-23/h3,5,7-11,13-15,21H,4,6,12,16-17H2,1-2H3. The van der Waals surface area contributed by atoms with Crippen molar-refractivity contribution in [1.82, 2.24) is 14.3 Å². The van der Waals surface area contributed by atoms with E-state index in [9.17, 15) is 17.6 Å². The summed E-state index contributed by atoms with van der Waals surface area (Å²) in [5.74, 6) is -1.20. The molecular formula is C27H27FN4O3S2. The van der Waals surface area contributed by atoms with Crippen molar-refractivity contribution >= 4 is 42.6 Å². The number of thiazole rings is 1. The Labute approximate surface area is 219 Å². The van der Waals surface area contributed by atoms with Gasteiger partial charge in [-0.3, -0.25) is 14.7 Å². The fraction of sp³-hybridized carbons (Fsp3) is 0.296. The fourth-order valence-electron chi connectivity index (χ4n) is 4.73. The fourth-order valence-corrected chi connectivity index (χ4v) is 7.28. The molecule has 1 aliphatic rings. The van der Waals surface area contributed by atoms with Crippen molar-refractivity contribution in [1.29, 1.82) is 0 Å². The summed E-state index contributed by atoms with van der Waals surface area (Å²) in [5.41, 5.74) is 3.89. The number of benzene rings is 2. The first-order valence-corrected chi connectivity index (χ1v) is 14.3. The lowest BCUT2D eigenvalue weighted by molar-refractivity contribution is -0.123. The molecule has 0 saturated carbocycles. The molecule has 7 nitrogen and oxygen atoms in total. The molecule has 0 radical (unpaired) electrons. The van der Waals surface area contributed by atoms with Crippen LogP contribution in [-0.4, -0.2) is 41.7 Å². The summed E-state index contributed by atoms with van der Waals surface area (Å²) in [7, 11) is -3.85. The Morgan fingerprint density at radius 1 is 1.19 bits per heavy atom. The van der Waals surface area contributed by atoms with Crippen molar-refractivity contribution in [2.24, 2.45) is 5.92 Å². The first-order chi connectivity index (χ1) is 17.7. The molecule has 1 atom stereocenters. The number of nitrogens with zero attached hydrogens (tertiary/aromatic N) is 4. The number of amides is 1. The van der Waals surface area contributed by atoms with E-state index in [-0.39, 0.29) is 23.9 Å². The second kappa shape index (κ2) is 10.3. The molecule has 1 amide bonds. The Morgan fingerprint density at radius 3 is 2.70 bits per heavy atom. The van der Waals surface area contributed by atoms with E-state index in [4.69, 9.17) is 4.98 Å². The number of hydrogen-bond acceptors (Lipinski definition) is 6. The van der Waals surface area contributed by atoms with E-state index in [1.54, 1.807) is 17.3 Å². The van der Waals surface area contributed by atoms with Crippen molar-refractivity contribution < 1.29 is 17.6 Å². The maximum atomic E-state index is 14.0. The van der Waals surface area contributed by atoms with Crippen LogP contribution in [0.5, 0.6) is 0 Å². The van der Waals surface area contributed by atoms with Gasteiger partial charge in [0, 0.05) is 25.5 Å². The molecule has 0 aliphatic carbocycles. The minimum Gasteiger partial charge on any atom is -0.283 e. The normalized spacial score (nSPS) is 16.7. The van der Waals surface area contributed by atoms with E-state index in [0.717, 1.165) is 39.0 Å². The van der Waals surface area contributed by atoms with Crippen LogP contribution in [-0.2, 0) is 21.4 Å². The minimum absolute atomic E-state index is 0.0197. The van der Waals surface area contributed by atoms with Gasteiger partial charge in [0.2, 0.25) is 15.9 Å². The zero-order chi connectivity index (χ0) is 26.2. The third-order valence-electron chi connectivity index (χ3n) is 6.55. The highest BCUT2D eigenvalue weighted by Crippen LogP contribution is 2.35. The van der Waals surface area contributed by atoms with Crippen LogP contribution in [0.3, 0.4) is 0 Å². The third-order valence-corrected chi connectivity index (χ3v) is 9.66. The number of sulfonamides is 1. The van der Waals surface area contributed by atoms with Crippen LogP contribution < -0.4 is 4.90 Å². The molecule has 0 bridgehead atoms. The molecular weight excluding hydrogens is 511 g/mol. The highest BCUT2D eigenvalue weighted by Gasteiger charge is 2.36. The van der Waals surface area contributed by atoms with Gasteiger partial charge in [0.05, 0.1) is 27.6 Å². The second-order valence-electron chi connectivity index (χ2n) is 9.37. The van der Waals surface area contributed by atoms with Crippen molar-refractivity contribution in [3.05, 3.63) is 83.4 Å². The summed E-state index contributed by atoms with van der Waals surface area (Å²) in [6, 6.07) is 12.6. The zero-order valence-corrected chi connectivity index (χ0v) is 22.2. The van der Waals surface area contributed by atoms with E-state index in [2.05, 4.69) is 11.1 Å². The van der Waals surface area contributed by atoms with Gasteiger partial charge in [-0.2, -0.15) is 4.31 Å². The van der Waals surface area contributed by atoms with Gasteiger partial charge < -0.3 is 0 Å². The molecule has 1 saturated heterocycles. The van der Waals surface area contributed by atoms with Gasteiger partial charge in [-0.1, -0.05) is 23.5 Å². The maximum absolute atomic E-state index is 14.0. The van der Waals surface area contributed by atoms with Gasteiger partial charge in [0.15, 0.2) is 5.13 Å². The van der Waals surface area contributed by atoms with E-state index in [0.29, 0.717) is 24.5 Å². The molecule has 10 heteroatoms. The van der Waals surface area contributed by atoms with Crippen LogP contribution in [0.2, 0.25) is 0 Å². The van der Waals surface area contributed by atoms with Gasteiger partial charge in [0.1, 0.15) is 5.82 Å². The largest absolute Gasteiger partial charge is 0.283 e. The number of aryl methyl sites for hydroxylation is 2. The van der Waals surface area contributed by atoms with Crippen LogP contribution in [0.4, 0.5) is 9.52 Å². The predicted octanol–water partition coefficient (Wildman–Crippen LogP) is 5.08. The molecule has 192 valence electrons. The highest BCUT2D eigenvalue weighted by molar-refractivity contribution is 7.89. The third kappa shape index (κ3) is 5.27. The van der Waals surface area contributed by atoms with Crippen molar-refractivity contribution in [2.75, 3.05) is 18.0 Å². The highest BCUT2D eigenvalue weighted by atomic mass is 32.2. The van der Waals surface area contributed by atoms with Crippen LogP contribution in [0, 0.1) is 25.6 Å². The Kier molecular flexibility index (Phi) is 7.06. The molecule has 4 aromatic rings. The first kappa shape index (κ1) is 25.4. The number of anilines is 1. The second-order valence-corrected chi connectivity index (χ2v) is 12.3. The molecule has 2 aromatic carbocycles. The SMILES string of the molecule is Cc1cc(C)c2sc(N(Cc3cccnc3)C(=O)C3CCCN(S(=O)(=O)c4ccc(F)cc4)C3)nc2c1. The van der Waals surface area contributed by atoms with E-state index in [1.165, 1.54) is 27.8 Å². The summed E-state index contributed by atoms with van der Waals surface area (Å²) in [4.78, 5) is 24.7. The van der Waals surface area contributed by atoms with Crippen molar-refractivity contribution in [3.63, 3.8) is 0 Å². The number of aromatic nitrogens is 2. The lowest BCUT2D eigenvalue weighted by atomic mass is 9.98. The van der Waals surface area contributed by atoms with E-state index < -0.39 is 21.8 Å². The minimum atomic E-state index is -3.85. The Morgan fingerprint density at radius 2 is 1.97 bits per heavy atom. The Bertz CT molecular complexity index is 1540. The average molecular weight is 539 g/mol. The lowest BCUT2D eigenvalue weighted by Gasteiger charge is -2.33. The van der Waals surface area contributed by atoms with E-state index in [1.807, 2.05) is 32.0 Å². The molecule has 0 N–H and O–H groups in total. The maximum Gasteiger partial charge on any atom is 0.243 e. The summed E-state index contributed by atoms with van der Waals surface area (Å²) >= 11 is 1.46. The molecule has 1 fully saturated rings. The number of halogens is 1. The van der Waals surface area contributed by atoms with Gasteiger partial charge in [-0.15, -0.1) is 0 Å². The van der Waals surface area contributed by atoms with Crippen LogP contribution in [0.1, 0.15) is 29.5 Å². The number of hydrogen-bond donors (Lipinski definition) is 0. The number of fused-ring (bicyclic) bond motifs is 1. The molecule has 3 heterocycles. The van der Waals surface area contributed by atoms with Crippen LogP contribution in [0.25, 0.3) is 10.2 Å². The molecule has 1 unspecified atom stereocenters. The smallest absolute Gasteiger partial charge is 0.243 e. The summed E-state index contributed by atoms with van der Waals surface area (Å²) in [6.07, 6.45) is 4.52. The summed E-state index contributed by atoms with van der Waals surface area (Å²) in [5, 5.41) is 0.580. The number of rotatable bonds is 6. The van der Waals surface area contributed by atoms with Gasteiger partial charge >= 0.3 is 0 Å². The van der Waals surface area contributed by atoms with Gasteiger partial charge in [-0.25, -0.2) is 17.8 Å². The van der Waals surface area contributed by atoms with Crippen LogP contribution in [0.15, 0.2) is 65.8 Å². The van der Waals surface area contributed by atoms with E-state index >= 15 is 0 Å². The molecule has 37 heavy (non-hydrogen) atoms. The Hall–Kier alpha value is -3.21. The first-order valence-electron chi connectivity index (χ1n) is 12.1. The van der Waals surface area contributed by atoms with Crippen molar-refractivity contribution in [2.45, 2.75) is 38.1 Å². The summed E-state index contributed by atoms with van der Waals surface area (Å²) in [6.45, 7) is 4.70. The molecule has 2 aromatic heterocycles. The van der Waals surface area contributed by atoms with Crippen LogP contribution >= 0.6 is 11.3 Å². The molecule has 5 rings (SSSR count). The van der Waals surface area contributed by atoms with Crippen molar-refractivity contribution in [3.8, 4) is 0 Å². The topological polar surface area (TPSA) is 83.5 Å². The monoisotopic (exact) mass is 538 g/mol. The predicted molar refractivity (Wildman–Crippen MR) is 142 cm³/mol. The van der Waals surface area contributed by atoms with Gasteiger partial charge in [-0.05, 0) is 79.8 Å². The number of pyridine rings is 1. The lowest BCUT2D eigenvalue weighted by Crippen LogP contribution is -2.46. The zero-order valence-electron chi connectivity index (χ0n) is 20.6. The summed E-state index contributed by atoms with van der Waals surface area (Å²) < 4.78 is 42.2. The quantitative estimate of drug-likeness (QED) is 0.342.